The van der Waals surface area contributed by atoms with E-state index in [0.717, 1.165) is 50.8 Å². The van der Waals surface area contributed by atoms with Crippen molar-refractivity contribution in [3.8, 4) is 11.5 Å². The maximum absolute atomic E-state index is 10.6. The van der Waals surface area contributed by atoms with Crippen molar-refractivity contribution in [3.63, 3.8) is 0 Å². The maximum Gasteiger partial charge on any atom is 0.490 e. The molecule has 2 fully saturated rings. The molecule has 3 aliphatic heterocycles. The van der Waals surface area contributed by atoms with Crippen LogP contribution in [0.5, 0.6) is 11.5 Å². The summed E-state index contributed by atoms with van der Waals surface area (Å²) in [4.78, 5) is 22.8. The molecule has 2 saturated heterocycles. The highest BCUT2D eigenvalue weighted by Gasteiger charge is 2.39. The van der Waals surface area contributed by atoms with E-state index in [9.17, 15) is 26.3 Å². The summed E-state index contributed by atoms with van der Waals surface area (Å²) >= 11 is 0. The van der Waals surface area contributed by atoms with E-state index in [0.29, 0.717) is 18.8 Å². The fourth-order valence-corrected chi connectivity index (χ4v) is 3.91. The van der Waals surface area contributed by atoms with Crippen LogP contribution in [0.2, 0.25) is 0 Å². The average molecular weight is 546 g/mol. The number of fused-ring (bicyclic) bond motifs is 2. The molecule has 0 unspecified atom stereocenters. The number of likely N-dealkylation sites (tertiary alicyclic amines) is 1. The smallest absolute Gasteiger partial charge is 0.475 e. The molecule has 3 aliphatic rings. The minimum absolute atomic E-state index is 0.341. The van der Waals surface area contributed by atoms with Crippen LogP contribution in [0.4, 0.5) is 26.3 Å². The number of halogens is 6. The van der Waals surface area contributed by atoms with Gasteiger partial charge in [0.2, 0.25) is 6.79 Å². The Kier molecular flexibility index (Phi) is 10.8. The highest BCUT2D eigenvalue weighted by molar-refractivity contribution is 5.73. The maximum atomic E-state index is 10.6. The number of carboxylic acid groups (broad SMARTS) is 2. The molecular formula is C22H28F6N2O7. The van der Waals surface area contributed by atoms with Gasteiger partial charge in [0.1, 0.15) is 0 Å². The van der Waals surface area contributed by atoms with Gasteiger partial charge in [-0.25, -0.2) is 9.59 Å². The van der Waals surface area contributed by atoms with Crippen LogP contribution in [-0.2, 0) is 20.9 Å². The number of ether oxygens (including phenoxy) is 3. The molecule has 9 nitrogen and oxygen atoms in total. The van der Waals surface area contributed by atoms with Gasteiger partial charge in [0.05, 0.1) is 12.7 Å². The molecule has 0 bridgehead atoms. The number of carboxylic acids is 2. The molecule has 2 N–H and O–H groups in total. The Bertz CT molecular complexity index is 888. The molecule has 0 saturated carbocycles. The van der Waals surface area contributed by atoms with E-state index in [1.54, 1.807) is 0 Å². The van der Waals surface area contributed by atoms with Gasteiger partial charge in [-0.05, 0) is 37.2 Å². The highest BCUT2D eigenvalue weighted by atomic mass is 19.4. The fourth-order valence-electron chi connectivity index (χ4n) is 3.91. The number of nitrogens with zero attached hydrogens (tertiary/aromatic N) is 2. The van der Waals surface area contributed by atoms with Crippen LogP contribution in [0, 0.1) is 5.92 Å². The Morgan fingerprint density at radius 2 is 1.54 bits per heavy atom. The first kappa shape index (κ1) is 30.4. The second-order valence-electron chi connectivity index (χ2n) is 8.38. The monoisotopic (exact) mass is 546 g/mol. The number of aliphatic carboxylic acids is 2. The van der Waals surface area contributed by atoms with Crippen molar-refractivity contribution >= 4 is 11.9 Å². The summed E-state index contributed by atoms with van der Waals surface area (Å²) in [5.41, 5.74) is 1.29. The quantitative estimate of drug-likeness (QED) is 0.553. The Morgan fingerprint density at radius 3 is 2.11 bits per heavy atom. The van der Waals surface area contributed by atoms with Crippen LogP contribution in [0.1, 0.15) is 18.9 Å². The van der Waals surface area contributed by atoms with E-state index < -0.39 is 24.3 Å². The van der Waals surface area contributed by atoms with Crippen molar-refractivity contribution in [2.24, 2.45) is 5.92 Å². The van der Waals surface area contributed by atoms with Gasteiger partial charge in [-0.3, -0.25) is 4.90 Å². The van der Waals surface area contributed by atoms with Crippen molar-refractivity contribution < 1.29 is 60.4 Å². The molecule has 210 valence electrons. The molecule has 1 aromatic rings. The molecule has 0 amide bonds. The molecule has 37 heavy (non-hydrogen) atoms. The number of piperidine rings is 1. The first-order valence-corrected chi connectivity index (χ1v) is 11.3. The summed E-state index contributed by atoms with van der Waals surface area (Å²) in [6, 6.07) is 6.28. The minimum atomic E-state index is -5.08. The predicted octanol–water partition coefficient (Wildman–Crippen LogP) is 3.22. The lowest BCUT2D eigenvalue weighted by atomic mass is 9.93. The number of likely N-dealkylation sites (N-methyl/N-ethyl adjacent to an activating group) is 1. The molecule has 0 radical (unpaired) electrons. The topological polar surface area (TPSA) is 109 Å². The zero-order valence-electron chi connectivity index (χ0n) is 19.8. The van der Waals surface area contributed by atoms with E-state index in [1.165, 1.54) is 18.5 Å². The molecule has 15 heteroatoms. The van der Waals surface area contributed by atoms with Gasteiger partial charge in [0, 0.05) is 32.1 Å². The summed E-state index contributed by atoms with van der Waals surface area (Å²) < 4.78 is 80.5. The number of carbonyl (C=O) groups is 2. The Morgan fingerprint density at radius 1 is 0.946 bits per heavy atom. The van der Waals surface area contributed by atoms with Gasteiger partial charge < -0.3 is 29.3 Å². The van der Waals surface area contributed by atoms with Gasteiger partial charge >= 0.3 is 24.3 Å². The summed E-state index contributed by atoms with van der Waals surface area (Å²) in [6.45, 7) is 10.0. The van der Waals surface area contributed by atoms with E-state index in [2.05, 4.69) is 28.9 Å². The number of hydrogen-bond donors (Lipinski definition) is 2. The van der Waals surface area contributed by atoms with E-state index >= 15 is 0 Å². The fraction of sp³-hybridized carbons (Fsp3) is 0.636. The number of hydrogen-bond acceptors (Lipinski definition) is 7. The van der Waals surface area contributed by atoms with Crippen molar-refractivity contribution in [3.05, 3.63) is 23.8 Å². The molecule has 3 heterocycles. The first-order chi connectivity index (χ1) is 17.2. The van der Waals surface area contributed by atoms with Crippen molar-refractivity contribution in [1.29, 1.82) is 0 Å². The van der Waals surface area contributed by atoms with Crippen LogP contribution < -0.4 is 9.47 Å². The predicted molar refractivity (Wildman–Crippen MR) is 115 cm³/mol. The molecule has 1 aromatic carbocycles. The summed E-state index contributed by atoms with van der Waals surface area (Å²) in [5.74, 6) is -3.09. The summed E-state index contributed by atoms with van der Waals surface area (Å²) in [7, 11) is 0. The molecular weight excluding hydrogens is 518 g/mol. The number of rotatable bonds is 3. The van der Waals surface area contributed by atoms with Gasteiger partial charge in [-0.2, -0.15) is 26.3 Å². The zero-order valence-corrected chi connectivity index (χ0v) is 19.8. The number of alkyl halides is 6. The van der Waals surface area contributed by atoms with Gasteiger partial charge in [-0.15, -0.1) is 0 Å². The Balaban J connectivity index is 0.000000286. The van der Waals surface area contributed by atoms with Crippen LogP contribution in [0.25, 0.3) is 0 Å². The molecule has 0 aliphatic carbocycles. The van der Waals surface area contributed by atoms with Crippen LogP contribution in [-0.4, -0.2) is 96.5 Å². The lowest BCUT2D eigenvalue weighted by molar-refractivity contribution is -0.193. The van der Waals surface area contributed by atoms with E-state index in [4.69, 9.17) is 34.0 Å². The zero-order chi connectivity index (χ0) is 27.8. The van der Waals surface area contributed by atoms with E-state index in [1.807, 2.05) is 6.07 Å². The number of benzene rings is 1. The lowest BCUT2D eigenvalue weighted by Crippen LogP contribution is -2.46. The van der Waals surface area contributed by atoms with Crippen molar-refractivity contribution in [2.45, 2.75) is 38.3 Å². The third-order valence-electron chi connectivity index (χ3n) is 5.79. The second-order valence-corrected chi connectivity index (χ2v) is 8.38. The van der Waals surface area contributed by atoms with Crippen molar-refractivity contribution in [2.75, 3.05) is 46.1 Å². The third kappa shape index (κ3) is 9.89. The highest BCUT2D eigenvalue weighted by Crippen LogP contribution is 2.33. The molecule has 4 rings (SSSR count). The van der Waals surface area contributed by atoms with Gasteiger partial charge in [0.25, 0.3) is 0 Å². The average Bonchev–Trinajstić information content (AvgIpc) is 3.17. The lowest BCUT2D eigenvalue weighted by Gasteiger charge is -2.38. The van der Waals surface area contributed by atoms with Crippen LogP contribution >= 0.6 is 0 Å². The van der Waals surface area contributed by atoms with Gasteiger partial charge in [0.15, 0.2) is 11.5 Å². The standard InChI is InChI=1S/C18H26N2O3.2C2HF3O2/c1-2-19-7-8-21-18-12-20(6-5-15(18)11-19)10-14-3-4-16-17(9-14)23-13-22-16;2*3-2(4,5)1(6)7/h3-4,9,15,18H,2,5-8,10-13H2,1H3;2*(H,6,7)/t15-,18-;;/m1../s1. The van der Waals surface area contributed by atoms with Crippen LogP contribution in [0.15, 0.2) is 18.2 Å². The SMILES string of the molecule is CCN1CCO[C@@H]2CN(Cc3ccc4c(c3)OCO4)CC[C@@H]2C1.O=C(O)C(F)(F)F.O=C(O)C(F)(F)F. The van der Waals surface area contributed by atoms with E-state index in [-0.39, 0.29) is 0 Å². The Hall–Kier alpha value is -2.78. The van der Waals surface area contributed by atoms with Crippen molar-refractivity contribution in [1.82, 2.24) is 9.80 Å². The summed E-state index contributed by atoms with van der Waals surface area (Å²) in [6.07, 6.45) is -8.56. The summed E-state index contributed by atoms with van der Waals surface area (Å²) in [5, 5.41) is 14.2. The molecule has 0 aromatic heterocycles. The van der Waals surface area contributed by atoms with Gasteiger partial charge in [-0.1, -0.05) is 13.0 Å². The molecule has 0 spiro atoms. The minimum Gasteiger partial charge on any atom is -0.475 e. The normalized spacial score (nSPS) is 21.9. The second kappa shape index (κ2) is 13.1. The largest absolute Gasteiger partial charge is 0.490 e. The Labute approximate surface area is 208 Å². The third-order valence-corrected chi connectivity index (χ3v) is 5.79. The molecule has 2 atom stereocenters. The van der Waals surface area contributed by atoms with Crippen LogP contribution in [0.3, 0.4) is 0 Å². The first-order valence-electron chi connectivity index (χ1n) is 11.3.